The SMILES string of the molecule is [O-][n+]1c(OC(F)(F)F)ccc2ccccc21. The molecular weight excluding hydrogens is 223 g/mol. The normalized spacial score (nSPS) is 11.7. The van der Waals surface area contributed by atoms with Gasteiger partial charge in [0.25, 0.3) is 0 Å². The Morgan fingerprint density at radius 2 is 1.75 bits per heavy atom. The molecule has 16 heavy (non-hydrogen) atoms. The third-order valence-electron chi connectivity index (χ3n) is 1.98. The lowest BCUT2D eigenvalue weighted by Crippen LogP contribution is -2.33. The van der Waals surface area contributed by atoms with Crippen molar-refractivity contribution in [1.82, 2.24) is 0 Å². The van der Waals surface area contributed by atoms with Gasteiger partial charge in [0.05, 0.1) is 6.07 Å². The lowest BCUT2D eigenvalue weighted by atomic mass is 10.2. The third kappa shape index (κ3) is 2.00. The number of para-hydroxylation sites is 1. The smallest absolute Gasteiger partial charge is 0.577 e. The number of aromatic nitrogens is 1. The molecule has 0 bridgehead atoms. The van der Waals surface area contributed by atoms with Gasteiger partial charge >= 0.3 is 12.2 Å². The highest BCUT2D eigenvalue weighted by Crippen LogP contribution is 2.21. The Hall–Kier alpha value is -1.98. The molecule has 0 spiro atoms. The zero-order valence-electron chi connectivity index (χ0n) is 7.86. The standard InChI is InChI=1S/C10H6F3NO2/c11-10(12,13)16-9-6-5-7-3-1-2-4-8(7)14(9)15/h1-6H. The fourth-order valence-electron chi connectivity index (χ4n) is 1.35. The molecule has 0 saturated heterocycles. The average molecular weight is 229 g/mol. The van der Waals surface area contributed by atoms with Crippen molar-refractivity contribution in [3.05, 3.63) is 41.6 Å². The maximum Gasteiger partial charge on any atom is 0.577 e. The Balaban J connectivity index is 2.53. The Labute approximate surface area is 88.3 Å². The van der Waals surface area contributed by atoms with E-state index < -0.39 is 12.2 Å². The lowest BCUT2D eigenvalue weighted by molar-refractivity contribution is -0.593. The van der Waals surface area contributed by atoms with Crippen molar-refractivity contribution in [2.24, 2.45) is 0 Å². The van der Waals surface area contributed by atoms with Crippen molar-refractivity contribution in [2.45, 2.75) is 6.36 Å². The van der Waals surface area contributed by atoms with Gasteiger partial charge in [0.1, 0.15) is 0 Å². The highest BCUT2D eigenvalue weighted by molar-refractivity contribution is 5.75. The molecule has 1 heterocycles. The molecule has 0 amide bonds. The molecule has 6 heteroatoms. The molecule has 0 radical (unpaired) electrons. The number of benzene rings is 1. The summed E-state index contributed by atoms with van der Waals surface area (Å²) in [6, 6.07) is 8.68. The number of alkyl halides is 3. The van der Waals surface area contributed by atoms with Crippen molar-refractivity contribution in [3.8, 4) is 5.88 Å². The van der Waals surface area contributed by atoms with Crippen LogP contribution in [0.2, 0.25) is 0 Å². The van der Waals surface area contributed by atoms with Crippen LogP contribution in [0.3, 0.4) is 0 Å². The summed E-state index contributed by atoms with van der Waals surface area (Å²) in [5.41, 5.74) is 0.129. The highest BCUT2D eigenvalue weighted by Gasteiger charge is 2.34. The Morgan fingerprint density at radius 1 is 1.06 bits per heavy atom. The van der Waals surface area contributed by atoms with Crippen LogP contribution in [0, 0.1) is 5.21 Å². The van der Waals surface area contributed by atoms with E-state index in [1.807, 2.05) is 0 Å². The van der Waals surface area contributed by atoms with Crippen LogP contribution in [0.5, 0.6) is 5.88 Å². The van der Waals surface area contributed by atoms with E-state index in [4.69, 9.17) is 0 Å². The minimum atomic E-state index is -4.87. The van der Waals surface area contributed by atoms with Crippen molar-refractivity contribution < 1.29 is 22.6 Å². The number of halogens is 3. The Morgan fingerprint density at radius 3 is 2.44 bits per heavy atom. The van der Waals surface area contributed by atoms with Crippen molar-refractivity contribution in [1.29, 1.82) is 0 Å². The maximum atomic E-state index is 11.9. The molecule has 0 N–H and O–H groups in total. The zero-order valence-corrected chi connectivity index (χ0v) is 7.86. The van der Waals surface area contributed by atoms with Gasteiger partial charge in [-0.05, 0) is 12.1 Å². The molecule has 1 aromatic heterocycles. The second kappa shape index (κ2) is 3.55. The van der Waals surface area contributed by atoms with Gasteiger partial charge in [0.15, 0.2) is 0 Å². The molecule has 0 aliphatic heterocycles. The monoisotopic (exact) mass is 229 g/mol. The van der Waals surface area contributed by atoms with E-state index >= 15 is 0 Å². The van der Waals surface area contributed by atoms with Crippen LogP contribution in [-0.4, -0.2) is 6.36 Å². The third-order valence-corrected chi connectivity index (χ3v) is 1.98. The highest BCUT2D eigenvalue weighted by atomic mass is 19.4. The number of fused-ring (bicyclic) bond motifs is 1. The second-order valence-electron chi connectivity index (χ2n) is 3.07. The van der Waals surface area contributed by atoms with Crippen molar-refractivity contribution in [2.75, 3.05) is 0 Å². The average Bonchev–Trinajstić information content (AvgIpc) is 2.21. The van der Waals surface area contributed by atoms with E-state index in [9.17, 15) is 18.4 Å². The molecule has 84 valence electrons. The molecule has 0 saturated carbocycles. The van der Waals surface area contributed by atoms with E-state index in [-0.39, 0.29) is 10.2 Å². The van der Waals surface area contributed by atoms with Crippen LogP contribution in [0.15, 0.2) is 36.4 Å². The lowest BCUT2D eigenvalue weighted by Gasteiger charge is -2.09. The first-order valence-electron chi connectivity index (χ1n) is 4.34. The van der Waals surface area contributed by atoms with Crippen molar-refractivity contribution >= 4 is 10.9 Å². The van der Waals surface area contributed by atoms with Gasteiger partial charge in [-0.2, -0.15) is 0 Å². The summed E-state index contributed by atoms with van der Waals surface area (Å²) in [6.45, 7) is 0. The number of rotatable bonds is 1. The first-order chi connectivity index (χ1) is 7.47. The van der Waals surface area contributed by atoms with Crippen LogP contribution in [0.4, 0.5) is 13.2 Å². The number of hydrogen-bond acceptors (Lipinski definition) is 2. The van der Waals surface area contributed by atoms with Crippen LogP contribution in [-0.2, 0) is 0 Å². The molecule has 0 aliphatic rings. The molecule has 0 unspecified atom stereocenters. The van der Waals surface area contributed by atoms with Crippen LogP contribution in [0.25, 0.3) is 10.9 Å². The fourth-order valence-corrected chi connectivity index (χ4v) is 1.35. The molecule has 2 aromatic rings. The topological polar surface area (TPSA) is 36.2 Å². The minimum Gasteiger partial charge on any atom is -0.616 e. The van der Waals surface area contributed by atoms with E-state index in [0.717, 1.165) is 6.07 Å². The Bertz CT molecular complexity index is 525. The molecule has 0 aliphatic carbocycles. The summed E-state index contributed by atoms with van der Waals surface area (Å²) in [6.07, 6.45) is -4.87. The summed E-state index contributed by atoms with van der Waals surface area (Å²) in [4.78, 5) is 0. The molecule has 2 rings (SSSR count). The summed E-state index contributed by atoms with van der Waals surface area (Å²) in [5, 5.41) is 12.0. The Kier molecular flexibility index (Phi) is 2.34. The second-order valence-corrected chi connectivity index (χ2v) is 3.07. The molecule has 1 aromatic carbocycles. The van der Waals surface area contributed by atoms with Crippen molar-refractivity contribution in [3.63, 3.8) is 0 Å². The predicted molar refractivity (Wildman–Crippen MR) is 49.6 cm³/mol. The van der Waals surface area contributed by atoms with Gasteiger partial charge < -0.3 is 9.94 Å². The van der Waals surface area contributed by atoms with Gasteiger partial charge in [-0.3, -0.25) is 0 Å². The zero-order chi connectivity index (χ0) is 11.8. The molecular formula is C10H6F3NO2. The number of nitrogens with zero attached hydrogens (tertiary/aromatic N) is 1. The fraction of sp³-hybridized carbons (Fsp3) is 0.100. The first-order valence-corrected chi connectivity index (χ1v) is 4.34. The number of pyridine rings is 1. The quantitative estimate of drug-likeness (QED) is 0.556. The molecule has 3 nitrogen and oxygen atoms in total. The predicted octanol–water partition coefficient (Wildman–Crippen LogP) is 2.37. The number of hydrogen-bond donors (Lipinski definition) is 0. The van der Waals surface area contributed by atoms with E-state index in [0.29, 0.717) is 5.39 Å². The minimum absolute atomic E-state index is 0.114. The summed E-state index contributed by atoms with van der Waals surface area (Å²) < 4.78 is 39.5. The van der Waals surface area contributed by atoms with Crippen LogP contribution < -0.4 is 9.47 Å². The van der Waals surface area contributed by atoms with Crippen LogP contribution >= 0.6 is 0 Å². The van der Waals surface area contributed by atoms with Gasteiger partial charge in [-0.25, -0.2) is 0 Å². The van der Waals surface area contributed by atoms with Gasteiger partial charge in [0.2, 0.25) is 5.52 Å². The summed E-state index contributed by atoms with van der Waals surface area (Å²) >= 11 is 0. The van der Waals surface area contributed by atoms with Gasteiger partial charge in [-0.1, -0.05) is 12.1 Å². The first kappa shape index (κ1) is 10.5. The van der Waals surface area contributed by atoms with E-state index in [2.05, 4.69) is 4.74 Å². The maximum absolute atomic E-state index is 11.9. The number of ether oxygens (including phenoxy) is 1. The van der Waals surface area contributed by atoms with Crippen LogP contribution in [0.1, 0.15) is 0 Å². The van der Waals surface area contributed by atoms with E-state index in [1.165, 1.54) is 12.1 Å². The van der Waals surface area contributed by atoms with E-state index in [1.54, 1.807) is 18.2 Å². The van der Waals surface area contributed by atoms with Gasteiger partial charge in [-0.15, -0.1) is 17.9 Å². The summed E-state index contributed by atoms with van der Waals surface area (Å²) in [7, 11) is 0. The van der Waals surface area contributed by atoms with Gasteiger partial charge in [0, 0.05) is 11.5 Å². The largest absolute Gasteiger partial charge is 0.616 e. The summed E-state index contributed by atoms with van der Waals surface area (Å²) in [5.74, 6) is -0.786. The molecule has 0 atom stereocenters. The molecule has 0 fully saturated rings.